The Hall–Kier alpha value is -2.17. The van der Waals surface area contributed by atoms with Gasteiger partial charge < -0.3 is 15.1 Å². The first kappa shape index (κ1) is 20.1. The van der Waals surface area contributed by atoms with Crippen LogP contribution in [0.5, 0.6) is 0 Å². The third-order valence-electron chi connectivity index (χ3n) is 7.03. The summed E-state index contributed by atoms with van der Waals surface area (Å²) in [6.45, 7) is 2.05. The van der Waals surface area contributed by atoms with Crippen LogP contribution in [0.3, 0.4) is 0 Å². The van der Waals surface area contributed by atoms with E-state index in [0.717, 1.165) is 24.0 Å². The van der Waals surface area contributed by atoms with Gasteiger partial charge in [-0.25, -0.2) is 0 Å². The molecule has 29 heavy (non-hydrogen) atoms. The molecule has 4 heteroatoms. The minimum Gasteiger partial charge on any atom is -0.390 e. The van der Waals surface area contributed by atoms with Crippen molar-refractivity contribution in [2.75, 3.05) is 0 Å². The van der Waals surface area contributed by atoms with Gasteiger partial charge >= 0.3 is 0 Å². The second kappa shape index (κ2) is 8.29. The Morgan fingerprint density at radius 2 is 1.69 bits per heavy atom. The van der Waals surface area contributed by atoms with Gasteiger partial charge in [0.25, 0.3) is 0 Å². The summed E-state index contributed by atoms with van der Waals surface area (Å²) in [5.74, 6) is 0.139. The van der Waals surface area contributed by atoms with Crippen LogP contribution in [0.4, 0.5) is 0 Å². The zero-order valence-corrected chi connectivity index (χ0v) is 17.1. The SMILES string of the molecule is C[C@@]12C[C@H](c3ccccc3)N(C(=O)CCc3ccccc3)[C@@H]1CCC[C@H](O)[C@@H]2O. The molecule has 2 aliphatic rings. The van der Waals surface area contributed by atoms with Gasteiger partial charge in [-0.05, 0) is 43.2 Å². The van der Waals surface area contributed by atoms with Crippen molar-refractivity contribution in [3.8, 4) is 0 Å². The van der Waals surface area contributed by atoms with Gasteiger partial charge in [-0.2, -0.15) is 0 Å². The fraction of sp³-hybridized carbons (Fsp3) is 0.480. The van der Waals surface area contributed by atoms with Crippen molar-refractivity contribution in [3.05, 3.63) is 71.8 Å². The Morgan fingerprint density at radius 3 is 2.38 bits per heavy atom. The number of carbonyl (C=O) groups is 1. The molecule has 2 aromatic carbocycles. The number of fused-ring (bicyclic) bond motifs is 1. The Kier molecular flexibility index (Phi) is 5.75. The van der Waals surface area contributed by atoms with Crippen LogP contribution < -0.4 is 0 Å². The number of amides is 1. The third kappa shape index (κ3) is 3.84. The second-order valence-electron chi connectivity index (χ2n) is 8.88. The molecule has 1 aliphatic carbocycles. The van der Waals surface area contributed by atoms with Crippen LogP contribution in [0, 0.1) is 5.41 Å². The Morgan fingerprint density at radius 1 is 1.03 bits per heavy atom. The van der Waals surface area contributed by atoms with Crippen molar-refractivity contribution < 1.29 is 15.0 Å². The summed E-state index contributed by atoms with van der Waals surface area (Å²) in [5.41, 5.74) is 1.77. The second-order valence-corrected chi connectivity index (χ2v) is 8.88. The Balaban J connectivity index is 1.64. The first-order chi connectivity index (χ1) is 14.0. The van der Waals surface area contributed by atoms with Gasteiger partial charge in [0.15, 0.2) is 0 Å². The number of hydrogen-bond acceptors (Lipinski definition) is 3. The third-order valence-corrected chi connectivity index (χ3v) is 7.03. The Bertz CT molecular complexity index is 824. The number of likely N-dealkylation sites (tertiary alicyclic amines) is 1. The van der Waals surface area contributed by atoms with Gasteiger partial charge in [-0.1, -0.05) is 67.6 Å². The summed E-state index contributed by atoms with van der Waals surface area (Å²) in [7, 11) is 0. The van der Waals surface area contributed by atoms with Crippen LogP contribution in [0.2, 0.25) is 0 Å². The van der Waals surface area contributed by atoms with Crippen LogP contribution in [-0.2, 0) is 11.2 Å². The highest BCUT2D eigenvalue weighted by Crippen LogP contribution is 2.53. The number of aryl methyl sites for hydroxylation is 1. The predicted octanol–water partition coefficient (Wildman–Crippen LogP) is 3.87. The smallest absolute Gasteiger partial charge is 0.223 e. The summed E-state index contributed by atoms with van der Waals surface area (Å²) >= 11 is 0. The van der Waals surface area contributed by atoms with E-state index in [4.69, 9.17) is 0 Å². The maximum atomic E-state index is 13.5. The van der Waals surface area contributed by atoms with Gasteiger partial charge in [0.05, 0.1) is 18.2 Å². The van der Waals surface area contributed by atoms with E-state index < -0.39 is 17.6 Å². The largest absolute Gasteiger partial charge is 0.390 e. The number of benzene rings is 2. The highest BCUT2D eigenvalue weighted by molar-refractivity contribution is 5.78. The lowest BCUT2D eigenvalue weighted by atomic mass is 9.74. The number of hydrogen-bond donors (Lipinski definition) is 2. The zero-order valence-electron chi connectivity index (χ0n) is 17.1. The molecule has 1 saturated carbocycles. The van der Waals surface area contributed by atoms with Crippen LogP contribution in [0.15, 0.2) is 60.7 Å². The monoisotopic (exact) mass is 393 g/mol. The van der Waals surface area contributed by atoms with Crippen LogP contribution in [0.1, 0.15) is 56.2 Å². The summed E-state index contributed by atoms with van der Waals surface area (Å²) in [6.07, 6.45) is 2.55. The first-order valence-electron chi connectivity index (χ1n) is 10.8. The zero-order chi connectivity index (χ0) is 20.4. The molecule has 1 heterocycles. The van der Waals surface area contributed by atoms with E-state index in [0.29, 0.717) is 25.7 Å². The number of aliphatic hydroxyl groups excluding tert-OH is 2. The molecule has 0 spiro atoms. The fourth-order valence-electron chi connectivity index (χ4n) is 5.42. The van der Waals surface area contributed by atoms with E-state index >= 15 is 0 Å². The first-order valence-corrected chi connectivity index (χ1v) is 10.8. The topological polar surface area (TPSA) is 60.8 Å². The number of rotatable bonds is 4. The molecule has 4 nitrogen and oxygen atoms in total. The summed E-state index contributed by atoms with van der Waals surface area (Å²) < 4.78 is 0. The molecule has 0 radical (unpaired) electrons. The normalized spacial score (nSPS) is 31.9. The molecular weight excluding hydrogens is 362 g/mol. The van der Waals surface area contributed by atoms with Crippen LogP contribution >= 0.6 is 0 Å². The molecule has 154 valence electrons. The van der Waals surface area contributed by atoms with Gasteiger partial charge in [0.1, 0.15) is 0 Å². The van der Waals surface area contributed by atoms with Gasteiger partial charge in [0.2, 0.25) is 5.91 Å². The van der Waals surface area contributed by atoms with E-state index in [-0.39, 0.29) is 18.0 Å². The Labute approximate surface area is 173 Å². The van der Waals surface area contributed by atoms with Crippen molar-refractivity contribution >= 4 is 5.91 Å². The van der Waals surface area contributed by atoms with Gasteiger partial charge in [0, 0.05) is 17.9 Å². The molecule has 0 unspecified atom stereocenters. The van der Waals surface area contributed by atoms with Crippen molar-refractivity contribution in [2.24, 2.45) is 5.41 Å². The maximum absolute atomic E-state index is 13.5. The highest BCUT2D eigenvalue weighted by atomic mass is 16.3. The lowest BCUT2D eigenvalue weighted by Crippen LogP contribution is -2.49. The summed E-state index contributed by atoms with van der Waals surface area (Å²) in [4.78, 5) is 15.5. The highest BCUT2D eigenvalue weighted by Gasteiger charge is 2.56. The minimum absolute atomic E-state index is 0.0527. The number of carbonyl (C=O) groups excluding carboxylic acids is 1. The maximum Gasteiger partial charge on any atom is 0.223 e. The van der Waals surface area contributed by atoms with Crippen LogP contribution in [-0.4, -0.2) is 39.3 Å². The summed E-state index contributed by atoms with van der Waals surface area (Å²) in [5, 5.41) is 21.4. The predicted molar refractivity (Wildman–Crippen MR) is 113 cm³/mol. The van der Waals surface area contributed by atoms with E-state index in [1.807, 2.05) is 41.3 Å². The molecule has 4 rings (SSSR count). The standard InChI is InChI=1S/C25H31NO3/c1-25-17-20(19-11-6-3-7-12-19)26(22(25)14-8-13-21(27)24(25)29)23(28)16-15-18-9-4-2-5-10-18/h2-7,9-12,20-22,24,27,29H,8,13-17H2,1H3/t20-,21+,22-,24+,25-/m1/s1. The molecule has 2 fully saturated rings. The van der Waals surface area contributed by atoms with E-state index in [9.17, 15) is 15.0 Å². The van der Waals surface area contributed by atoms with Gasteiger partial charge in [-0.3, -0.25) is 4.79 Å². The average Bonchev–Trinajstić information content (AvgIpc) is 3.01. The molecule has 2 N–H and O–H groups in total. The van der Waals surface area contributed by atoms with Crippen LogP contribution in [0.25, 0.3) is 0 Å². The minimum atomic E-state index is -0.812. The molecule has 0 aromatic heterocycles. The molecule has 1 aliphatic heterocycles. The lowest BCUT2D eigenvalue weighted by Gasteiger charge is -2.38. The van der Waals surface area contributed by atoms with Crippen molar-refractivity contribution in [2.45, 2.75) is 69.7 Å². The van der Waals surface area contributed by atoms with Gasteiger partial charge in [-0.15, -0.1) is 0 Å². The average molecular weight is 394 g/mol. The quantitative estimate of drug-likeness (QED) is 0.829. The number of nitrogens with zero attached hydrogens (tertiary/aromatic N) is 1. The molecule has 1 amide bonds. The molecule has 5 atom stereocenters. The molecular formula is C25H31NO3. The molecule has 1 saturated heterocycles. The van der Waals surface area contributed by atoms with Crippen molar-refractivity contribution in [1.82, 2.24) is 4.90 Å². The fourth-order valence-corrected chi connectivity index (χ4v) is 5.42. The van der Waals surface area contributed by atoms with E-state index in [2.05, 4.69) is 31.2 Å². The van der Waals surface area contributed by atoms with E-state index in [1.165, 1.54) is 0 Å². The summed E-state index contributed by atoms with van der Waals surface area (Å²) in [6, 6.07) is 20.1. The lowest BCUT2D eigenvalue weighted by molar-refractivity contribution is -0.136. The van der Waals surface area contributed by atoms with Crippen molar-refractivity contribution in [3.63, 3.8) is 0 Å². The molecule has 2 aromatic rings. The van der Waals surface area contributed by atoms with E-state index in [1.54, 1.807) is 0 Å². The molecule has 0 bridgehead atoms. The number of aliphatic hydroxyl groups is 2. The van der Waals surface area contributed by atoms with Crippen molar-refractivity contribution in [1.29, 1.82) is 0 Å².